The van der Waals surface area contributed by atoms with Crippen molar-refractivity contribution >= 4 is 35.0 Å². The molecule has 3 heterocycles. The molecule has 1 saturated heterocycles. The second-order valence-electron chi connectivity index (χ2n) is 8.05. The average Bonchev–Trinajstić information content (AvgIpc) is 2.83. The molecule has 11 heteroatoms. The third-order valence-corrected chi connectivity index (χ3v) is 5.87. The van der Waals surface area contributed by atoms with Crippen LogP contribution in [0, 0.1) is 5.82 Å². The molecule has 3 aromatic rings. The molecule has 1 aliphatic heterocycles. The molecule has 0 radical (unpaired) electrons. The van der Waals surface area contributed by atoms with E-state index in [0.29, 0.717) is 29.2 Å². The molecular weight excluding hydrogens is 461 g/mol. The number of nitrogens with zero attached hydrogens (tertiary/aromatic N) is 5. The van der Waals surface area contributed by atoms with Crippen molar-refractivity contribution < 1.29 is 14.3 Å². The van der Waals surface area contributed by atoms with E-state index >= 15 is 0 Å². The highest BCUT2D eigenvalue weighted by Crippen LogP contribution is 2.28. The number of likely N-dealkylation sites (N-methyl/N-ethyl adjacent to an activating group) is 1. The summed E-state index contributed by atoms with van der Waals surface area (Å²) in [6, 6.07) is 5.79. The zero-order chi connectivity index (χ0) is 24.1. The largest absolute Gasteiger partial charge is 0.478 e. The van der Waals surface area contributed by atoms with Crippen molar-refractivity contribution in [3.63, 3.8) is 0 Å². The molecule has 0 atom stereocenters. The van der Waals surface area contributed by atoms with Crippen molar-refractivity contribution in [2.75, 3.05) is 56.9 Å². The first-order valence-electron chi connectivity index (χ1n) is 10.8. The Labute approximate surface area is 201 Å². The molecule has 0 unspecified atom stereocenters. The van der Waals surface area contributed by atoms with Gasteiger partial charge in [-0.15, -0.1) is 0 Å². The van der Waals surface area contributed by atoms with Crippen molar-refractivity contribution in [3.05, 3.63) is 59.3 Å². The van der Waals surface area contributed by atoms with Crippen molar-refractivity contribution in [2.24, 2.45) is 0 Å². The van der Waals surface area contributed by atoms with E-state index < -0.39 is 11.8 Å². The number of piperazine rings is 1. The number of hydrogen-bond donors (Lipinski definition) is 3. The molecule has 0 spiro atoms. The number of rotatable bonds is 8. The maximum atomic E-state index is 13.5. The van der Waals surface area contributed by atoms with Crippen LogP contribution in [0.25, 0.3) is 11.1 Å². The topological polar surface area (TPSA) is 107 Å². The lowest BCUT2D eigenvalue weighted by Crippen LogP contribution is -2.45. The standard InChI is InChI=1S/C23H25ClFN7O2/c1-31-6-8-32(9-7-31)5-4-27-21-18(15-10-16(22(33)34)13-26-12-15)14-28-23(30-21)29-17-2-3-20(25)19(24)11-17/h2-3,10-14H,4-9H2,1H3,(H,33,34)(H2,27,28,29,30). The predicted octanol–water partition coefficient (Wildman–Crippen LogP) is 3.43. The molecule has 0 amide bonds. The first-order valence-corrected chi connectivity index (χ1v) is 11.2. The van der Waals surface area contributed by atoms with Crippen LogP contribution in [0.4, 0.5) is 21.8 Å². The van der Waals surface area contributed by atoms with Gasteiger partial charge in [-0.25, -0.2) is 14.2 Å². The Kier molecular flexibility index (Phi) is 7.51. The third-order valence-electron chi connectivity index (χ3n) is 5.58. The summed E-state index contributed by atoms with van der Waals surface area (Å²) >= 11 is 5.88. The van der Waals surface area contributed by atoms with Crippen molar-refractivity contribution in [1.82, 2.24) is 24.8 Å². The molecule has 178 valence electrons. The van der Waals surface area contributed by atoms with Gasteiger partial charge in [0.25, 0.3) is 0 Å². The lowest BCUT2D eigenvalue weighted by Gasteiger charge is -2.32. The van der Waals surface area contributed by atoms with E-state index in [1.165, 1.54) is 24.4 Å². The van der Waals surface area contributed by atoms with Crippen molar-refractivity contribution in [3.8, 4) is 11.1 Å². The zero-order valence-corrected chi connectivity index (χ0v) is 19.4. The van der Waals surface area contributed by atoms with Gasteiger partial charge in [0.2, 0.25) is 5.95 Å². The van der Waals surface area contributed by atoms with Gasteiger partial charge in [0, 0.05) is 74.7 Å². The van der Waals surface area contributed by atoms with Gasteiger partial charge < -0.3 is 20.6 Å². The summed E-state index contributed by atoms with van der Waals surface area (Å²) in [5, 5.41) is 15.7. The number of nitrogens with one attached hydrogen (secondary N) is 2. The Morgan fingerprint density at radius 2 is 1.97 bits per heavy atom. The second-order valence-corrected chi connectivity index (χ2v) is 8.46. The van der Waals surface area contributed by atoms with Crippen molar-refractivity contribution in [2.45, 2.75) is 0 Å². The molecule has 0 bridgehead atoms. The van der Waals surface area contributed by atoms with Crippen LogP contribution in [0.3, 0.4) is 0 Å². The number of pyridine rings is 1. The molecule has 9 nitrogen and oxygen atoms in total. The number of carboxylic acids is 1. The van der Waals surface area contributed by atoms with Gasteiger partial charge in [0.1, 0.15) is 11.6 Å². The molecule has 2 aromatic heterocycles. The molecule has 3 N–H and O–H groups in total. The summed E-state index contributed by atoms with van der Waals surface area (Å²) in [6.07, 6.45) is 4.46. The van der Waals surface area contributed by atoms with Crippen LogP contribution in [0.2, 0.25) is 5.02 Å². The van der Waals surface area contributed by atoms with Gasteiger partial charge in [-0.3, -0.25) is 9.88 Å². The fourth-order valence-electron chi connectivity index (χ4n) is 3.60. The van der Waals surface area contributed by atoms with Crippen LogP contribution < -0.4 is 10.6 Å². The Morgan fingerprint density at radius 3 is 2.71 bits per heavy atom. The first-order chi connectivity index (χ1) is 16.4. The van der Waals surface area contributed by atoms with E-state index in [2.05, 4.69) is 42.4 Å². The van der Waals surface area contributed by atoms with Gasteiger partial charge >= 0.3 is 5.97 Å². The van der Waals surface area contributed by atoms with Crippen LogP contribution in [0.15, 0.2) is 42.9 Å². The van der Waals surface area contributed by atoms with E-state index in [9.17, 15) is 14.3 Å². The Hall–Kier alpha value is -3.34. The molecule has 1 aliphatic rings. The van der Waals surface area contributed by atoms with Crippen LogP contribution in [-0.2, 0) is 0 Å². The summed E-state index contributed by atoms with van der Waals surface area (Å²) in [5.74, 6) is -0.757. The molecule has 34 heavy (non-hydrogen) atoms. The number of carbonyl (C=O) groups is 1. The highest BCUT2D eigenvalue weighted by atomic mass is 35.5. The SMILES string of the molecule is CN1CCN(CCNc2nc(Nc3ccc(F)c(Cl)c3)ncc2-c2cncc(C(=O)O)c2)CC1. The highest BCUT2D eigenvalue weighted by Gasteiger charge is 2.16. The van der Waals surface area contributed by atoms with E-state index in [4.69, 9.17) is 11.6 Å². The number of carboxylic acid groups (broad SMARTS) is 1. The number of halogens is 2. The number of hydrogen-bond acceptors (Lipinski definition) is 8. The predicted molar refractivity (Wildman–Crippen MR) is 129 cm³/mol. The quantitative estimate of drug-likeness (QED) is 0.442. The maximum Gasteiger partial charge on any atom is 0.337 e. The summed E-state index contributed by atoms with van der Waals surface area (Å²) in [4.78, 5) is 29.1. The molecular formula is C23H25ClFN7O2. The number of benzene rings is 1. The molecule has 1 fully saturated rings. The highest BCUT2D eigenvalue weighted by molar-refractivity contribution is 6.31. The van der Waals surface area contributed by atoms with E-state index in [-0.39, 0.29) is 16.5 Å². The van der Waals surface area contributed by atoms with Gasteiger partial charge in [-0.05, 0) is 31.3 Å². The van der Waals surface area contributed by atoms with E-state index in [1.807, 2.05) is 0 Å². The molecule has 0 aliphatic carbocycles. The third kappa shape index (κ3) is 5.96. The Bertz CT molecular complexity index is 1170. The van der Waals surface area contributed by atoms with Gasteiger partial charge in [-0.1, -0.05) is 11.6 Å². The van der Waals surface area contributed by atoms with E-state index in [0.717, 1.165) is 32.7 Å². The molecule has 4 rings (SSSR count). The average molecular weight is 486 g/mol. The van der Waals surface area contributed by atoms with Gasteiger partial charge in [0.15, 0.2) is 0 Å². The minimum absolute atomic E-state index is 0.0105. The number of aromatic carboxylic acids is 1. The fourth-order valence-corrected chi connectivity index (χ4v) is 3.78. The van der Waals surface area contributed by atoms with Crippen LogP contribution in [-0.4, -0.2) is 82.1 Å². The summed E-state index contributed by atoms with van der Waals surface area (Å²) in [5.41, 5.74) is 1.82. The van der Waals surface area contributed by atoms with E-state index in [1.54, 1.807) is 18.5 Å². The summed E-state index contributed by atoms with van der Waals surface area (Å²) < 4.78 is 13.5. The minimum atomic E-state index is -1.06. The fraction of sp³-hybridized carbons (Fsp3) is 0.304. The Balaban J connectivity index is 1.57. The Morgan fingerprint density at radius 1 is 1.18 bits per heavy atom. The van der Waals surface area contributed by atoms with Crippen LogP contribution >= 0.6 is 11.6 Å². The minimum Gasteiger partial charge on any atom is -0.478 e. The van der Waals surface area contributed by atoms with Crippen LogP contribution in [0.1, 0.15) is 10.4 Å². The van der Waals surface area contributed by atoms with Gasteiger partial charge in [-0.2, -0.15) is 4.98 Å². The van der Waals surface area contributed by atoms with Gasteiger partial charge in [0.05, 0.1) is 10.6 Å². The zero-order valence-electron chi connectivity index (χ0n) is 18.6. The second kappa shape index (κ2) is 10.7. The summed E-state index contributed by atoms with van der Waals surface area (Å²) in [7, 11) is 2.12. The number of anilines is 3. The monoisotopic (exact) mass is 485 g/mol. The maximum absolute atomic E-state index is 13.5. The smallest absolute Gasteiger partial charge is 0.337 e. The first kappa shape index (κ1) is 23.8. The molecule has 1 aromatic carbocycles. The lowest BCUT2D eigenvalue weighted by atomic mass is 10.1. The van der Waals surface area contributed by atoms with Crippen molar-refractivity contribution in [1.29, 1.82) is 0 Å². The molecule has 0 saturated carbocycles. The number of aromatic nitrogens is 3. The lowest BCUT2D eigenvalue weighted by molar-refractivity contribution is 0.0696. The summed E-state index contributed by atoms with van der Waals surface area (Å²) in [6.45, 7) is 5.53. The normalized spacial score (nSPS) is 14.7. The van der Waals surface area contributed by atoms with Crippen LogP contribution in [0.5, 0.6) is 0 Å².